The average Bonchev–Trinajstić information content (AvgIpc) is 2.60. The van der Waals surface area contributed by atoms with Crippen LogP contribution >= 0.6 is 0 Å². The first kappa shape index (κ1) is 24.9. The van der Waals surface area contributed by atoms with E-state index in [1.165, 1.54) is 30.4 Å². The summed E-state index contributed by atoms with van der Waals surface area (Å²) in [4.78, 5) is 23.6. The first-order valence-corrected chi connectivity index (χ1v) is 10.4. The van der Waals surface area contributed by atoms with Crippen molar-refractivity contribution in [3.05, 3.63) is 47.1 Å². The van der Waals surface area contributed by atoms with Crippen LogP contribution in [0.15, 0.2) is 47.1 Å². The minimum atomic E-state index is -0.736. The van der Waals surface area contributed by atoms with E-state index in [4.69, 9.17) is 10.5 Å². The molecule has 0 bridgehead atoms. The van der Waals surface area contributed by atoms with Crippen molar-refractivity contribution in [3.8, 4) is 0 Å². The molecule has 0 fully saturated rings. The smallest absolute Gasteiger partial charge is 0.328 e. The highest BCUT2D eigenvalue weighted by Gasteiger charge is 2.26. The largest absolute Gasteiger partial charge is 0.457 e. The van der Waals surface area contributed by atoms with E-state index in [1.807, 2.05) is 18.2 Å². The van der Waals surface area contributed by atoms with Crippen LogP contribution in [-0.2, 0) is 14.3 Å². The highest BCUT2D eigenvalue weighted by Crippen LogP contribution is 2.40. The average molecular weight is 403 g/mol. The van der Waals surface area contributed by atoms with Gasteiger partial charge in [0, 0.05) is 0 Å². The SMILES string of the molecule is CC1=C(/C=C/C(C)=C/C=C/C(C)OC(=O)[C@H](C)NC(=O)[C@H](C)N)C(C)(C)CCC1. The molecular formula is C24H38N2O3. The van der Waals surface area contributed by atoms with Crippen LogP contribution in [0.3, 0.4) is 0 Å². The van der Waals surface area contributed by atoms with Crippen molar-refractivity contribution in [2.75, 3.05) is 0 Å². The molecule has 0 heterocycles. The molecule has 1 aliphatic carbocycles. The Bertz CT molecular complexity index is 712. The maximum atomic E-state index is 12.0. The highest BCUT2D eigenvalue weighted by molar-refractivity contribution is 5.86. The molecule has 0 saturated carbocycles. The highest BCUT2D eigenvalue weighted by atomic mass is 16.5. The van der Waals surface area contributed by atoms with Gasteiger partial charge in [-0.25, -0.2) is 4.79 Å². The maximum absolute atomic E-state index is 12.0. The molecule has 5 heteroatoms. The van der Waals surface area contributed by atoms with E-state index in [1.54, 1.807) is 20.8 Å². The second kappa shape index (κ2) is 11.1. The van der Waals surface area contributed by atoms with E-state index >= 15 is 0 Å². The molecule has 5 nitrogen and oxygen atoms in total. The Hall–Kier alpha value is -2.14. The van der Waals surface area contributed by atoms with Gasteiger partial charge >= 0.3 is 5.97 Å². The molecule has 1 rings (SSSR count). The van der Waals surface area contributed by atoms with Crippen molar-refractivity contribution in [1.29, 1.82) is 0 Å². The first-order chi connectivity index (χ1) is 13.4. The molecule has 0 aliphatic heterocycles. The summed E-state index contributed by atoms with van der Waals surface area (Å²) < 4.78 is 5.34. The summed E-state index contributed by atoms with van der Waals surface area (Å²) >= 11 is 0. The van der Waals surface area contributed by atoms with Crippen LogP contribution in [-0.4, -0.2) is 30.1 Å². The van der Waals surface area contributed by atoms with Crippen molar-refractivity contribution in [3.63, 3.8) is 0 Å². The zero-order valence-electron chi connectivity index (χ0n) is 19.0. The third-order valence-electron chi connectivity index (χ3n) is 5.22. The van der Waals surface area contributed by atoms with Crippen LogP contribution in [0.2, 0.25) is 0 Å². The predicted octanol–water partition coefficient (Wildman–Crippen LogP) is 4.36. The quantitative estimate of drug-likeness (QED) is 0.467. The fourth-order valence-corrected chi connectivity index (χ4v) is 3.37. The molecule has 3 N–H and O–H groups in total. The van der Waals surface area contributed by atoms with Crippen molar-refractivity contribution in [2.45, 2.75) is 85.9 Å². The topological polar surface area (TPSA) is 81.4 Å². The second-order valence-corrected chi connectivity index (χ2v) is 8.72. The molecule has 0 aromatic carbocycles. The summed E-state index contributed by atoms with van der Waals surface area (Å²) in [6.07, 6.45) is 13.3. The van der Waals surface area contributed by atoms with E-state index in [-0.39, 0.29) is 11.3 Å². The molecule has 0 spiro atoms. The van der Waals surface area contributed by atoms with Crippen LogP contribution in [0.4, 0.5) is 0 Å². The Kier molecular flexibility index (Phi) is 9.57. The van der Waals surface area contributed by atoms with Gasteiger partial charge in [0.2, 0.25) is 5.91 Å². The molecule has 0 aromatic heterocycles. The van der Waals surface area contributed by atoms with Crippen molar-refractivity contribution < 1.29 is 14.3 Å². The van der Waals surface area contributed by atoms with Crippen molar-refractivity contribution >= 4 is 11.9 Å². The summed E-state index contributed by atoms with van der Waals surface area (Å²) in [7, 11) is 0. The number of nitrogens with one attached hydrogen (secondary N) is 1. The number of rotatable bonds is 8. The van der Waals surface area contributed by atoms with Gasteiger partial charge in [0.15, 0.2) is 0 Å². The fourth-order valence-electron chi connectivity index (χ4n) is 3.37. The van der Waals surface area contributed by atoms with Gasteiger partial charge in [-0.05, 0) is 70.9 Å². The first-order valence-electron chi connectivity index (χ1n) is 10.4. The molecule has 3 atom stereocenters. The molecule has 1 aliphatic rings. The van der Waals surface area contributed by atoms with Crippen molar-refractivity contribution in [2.24, 2.45) is 11.1 Å². The van der Waals surface area contributed by atoms with Gasteiger partial charge in [0.25, 0.3) is 0 Å². The number of ether oxygens (including phenoxy) is 1. The minimum Gasteiger partial charge on any atom is -0.457 e. The maximum Gasteiger partial charge on any atom is 0.328 e. The standard InChI is InChI=1S/C24H38N2O3/c1-16(13-14-21-17(2)11-9-15-24(21,6)7)10-8-12-18(3)29-23(28)20(5)26-22(27)19(4)25/h8,10,12-14,18-20H,9,11,15,25H2,1-7H3,(H,26,27)/b12-8+,14-13+,16-10+/t18?,19-,20-/m0/s1. The second-order valence-electron chi connectivity index (χ2n) is 8.72. The van der Waals surface area contributed by atoms with Gasteiger partial charge in [-0.2, -0.15) is 0 Å². The van der Waals surface area contributed by atoms with Gasteiger partial charge in [0.1, 0.15) is 12.1 Å². The number of nitrogens with two attached hydrogens (primary N) is 1. The third-order valence-corrected chi connectivity index (χ3v) is 5.22. The van der Waals surface area contributed by atoms with Crippen LogP contribution < -0.4 is 11.1 Å². The molecule has 0 radical (unpaired) electrons. The summed E-state index contributed by atoms with van der Waals surface area (Å²) in [5.74, 6) is -0.867. The van der Waals surface area contributed by atoms with Crippen molar-refractivity contribution in [1.82, 2.24) is 5.32 Å². The zero-order chi connectivity index (χ0) is 22.2. The van der Waals surface area contributed by atoms with E-state index in [2.05, 4.69) is 45.2 Å². The molecule has 0 aromatic rings. The number of carbonyl (C=O) groups is 2. The van der Waals surface area contributed by atoms with Crippen LogP contribution in [0.1, 0.15) is 67.7 Å². The lowest BCUT2D eigenvalue weighted by Crippen LogP contribution is -2.46. The number of amides is 1. The van der Waals surface area contributed by atoms with E-state index in [9.17, 15) is 9.59 Å². The molecular weight excluding hydrogens is 364 g/mol. The number of carbonyl (C=O) groups excluding carboxylic acids is 2. The molecule has 0 saturated heterocycles. The number of hydrogen-bond acceptors (Lipinski definition) is 4. The number of esters is 1. The van der Waals surface area contributed by atoms with Gasteiger partial charge in [-0.3, -0.25) is 4.79 Å². The minimum absolute atomic E-state index is 0.228. The van der Waals surface area contributed by atoms with Gasteiger partial charge in [-0.15, -0.1) is 0 Å². The lowest BCUT2D eigenvalue weighted by Gasteiger charge is -2.32. The summed E-state index contributed by atoms with van der Waals surface area (Å²) in [6, 6.07) is -1.40. The molecule has 162 valence electrons. The Balaban J connectivity index is 2.61. The predicted molar refractivity (Wildman–Crippen MR) is 119 cm³/mol. The number of hydrogen-bond donors (Lipinski definition) is 2. The molecule has 1 unspecified atom stereocenters. The molecule has 1 amide bonds. The van der Waals surface area contributed by atoms with Crippen LogP contribution in [0.5, 0.6) is 0 Å². The van der Waals surface area contributed by atoms with Gasteiger partial charge in [0.05, 0.1) is 6.04 Å². The Morgan fingerprint density at radius 3 is 2.48 bits per heavy atom. The summed E-state index contributed by atoms with van der Waals surface area (Å²) in [6.45, 7) is 13.8. The lowest BCUT2D eigenvalue weighted by molar-refractivity contribution is -0.149. The van der Waals surface area contributed by atoms with Gasteiger partial charge < -0.3 is 15.8 Å². The van der Waals surface area contributed by atoms with Gasteiger partial charge in [-0.1, -0.05) is 49.3 Å². The van der Waals surface area contributed by atoms with E-state index in [0.29, 0.717) is 0 Å². The fraction of sp³-hybridized carbons (Fsp3) is 0.583. The van der Waals surface area contributed by atoms with E-state index < -0.39 is 24.2 Å². The Morgan fingerprint density at radius 2 is 1.90 bits per heavy atom. The van der Waals surface area contributed by atoms with Crippen LogP contribution in [0, 0.1) is 5.41 Å². The number of allylic oxidation sites excluding steroid dienone is 7. The monoisotopic (exact) mass is 402 g/mol. The normalized spacial score (nSPS) is 20.6. The Morgan fingerprint density at radius 1 is 1.24 bits per heavy atom. The zero-order valence-corrected chi connectivity index (χ0v) is 19.0. The third kappa shape index (κ3) is 8.40. The Labute approximate surface area is 176 Å². The summed E-state index contributed by atoms with van der Waals surface area (Å²) in [5, 5.41) is 2.53. The summed E-state index contributed by atoms with van der Waals surface area (Å²) in [5.41, 5.74) is 9.75. The van der Waals surface area contributed by atoms with E-state index in [0.717, 1.165) is 5.57 Å². The molecule has 29 heavy (non-hydrogen) atoms. The lowest BCUT2D eigenvalue weighted by atomic mass is 9.72. The van der Waals surface area contributed by atoms with Crippen LogP contribution in [0.25, 0.3) is 0 Å².